The zero-order valence-corrected chi connectivity index (χ0v) is 10.2. The Kier molecular flexibility index (Phi) is 2.76. The molecule has 0 aliphatic rings. The first kappa shape index (κ1) is 9.68. The minimum Gasteiger partial charge on any atom is -0.195 e. The van der Waals surface area contributed by atoms with E-state index in [1.807, 2.05) is 12.1 Å². The molecule has 1 aromatic carbocycles. The van der Waals surface area contributed by atoms with Gasteiger partial charge in [0.1, 0.15) is 0 Å². The summed E-state index contributed by atoms with van der Waals surface area (Å²) in [5, 5.41) is 0.799. The van der Waals surface area contributed by atoms with Gasteiger partial charge in [-0.1, -0.05) is 0 Å². The molecule has 0 radical (unpaired) electrons. The van der Waals surface area contributed by atoms with Gasteiger partial charge < -0.3 is 0 Å². The number of hydrogen-bond acceptors (Lipinski definition) is 1. The van der Waals surface area contributed by atoms with Crippen molar-refractivity contribution in [3.63, 3.8) is 0 Å². The molecule has 13 heavy (non-hydrogen) atoms. The molecule has 0 N–H and O–H groups in total. The van der Waals surface area contributed by atoms with E-state index in [9.17, 15) is 4.39 Å². The van der Waals surface area contributed by atoms with Gasteiger partial charge in [-0.3, -0.25) is 0 Å². The molecule has 0 spiro atoms. The summed E-state index contributed by atoms with van der Waals surface area (Å²) in [5.41, 5.74) is 1.01. The smallest absolute Gasteiger partial charge is 0.177 e. The third-order valence-electron chi connectivity index (χ3n) is 1.77. The fourth-order valence-corrected chi connectivity index (χ4v) is 3.13. The molecule has 0 aliphatic heterocycles. The molecule has 0 amide bonds. The Labute approximate surface area is 97.8 Å². The Hall–Kier alpha value is 0.130. The zero-order valence-electron chi connectivity index (χ0n) is 6.48. The molecule has 0 atom stereocenters. The SMILES string of the molecule is Fc1cc2cc(I)cc(CCl)c2s1. The van der Waals surface area contributed by atoms with Crippen molar-refractivity contribution in [1.29, 1.82) is 0 Å². The number of halogens is 3. The first-order chi connectivity index (χ1) is 6.20. The topological polar surface area (TPSA) is 0 Å². The molecule has 4 heteroatoms. The summed E-state index contributed by atoms with van der Waals surface area (Å²) in [6, 6.07) is 5.51. The Morgan fingerprint density at radius 2 is 2.15 bits per heavy atom. The summed E-state index contributed by atoms with van der Waals surface area (Å²) >= 11 is 9.14. The fraction of sp³-hybridized carbons (Fsp3) is 0.111. The third-order valence-corrected chi connectivity index (χ3v) is 3.70. The maximum absolute atomic E-state index is 12.9. The van der Waals surface area contributed by atoms with Crippen LogP contribution in [0.2, 0.25) is 0 Å². The predicted octanol–water partition coefficient (Wildman–Crippen LogP) is 4.38. The average Bonchev–Trinajstić information content (AvgIpc) is 2.43. The van der Waals surface area contributed by atoms with Gasteiger partial charge in [0.2, 0.25) is 0 Å². The maximum atomic E-state index is 12.9. The lowest BCUT2D eigenvalue weighted by atomic mass is 10.2. The van der Waals surface area contributed by atoms with Gasteiger partial charge in [0.15, 0.2) is 5.13 Å². The maximum Gasteiger partial charge on any atom is 0.177 e. The van der Waals surface area contributed by atoms with Crippen molar-refractivity contribution in [1.82, 2.24) is 0 Å². The molecule has 0 fully saturated rings. The lowest BCUT2D eigenvalue weighted by Gasteiger charge is -1.98. The molecule has 0 saturated carbocycles. The largest absolute Gasteiger partial charge is 0.195 e. The van der Waals surface area contributed by atoms with E-state index in [0.717, 1.165) is 30.6 Å². The van der Waals surface area contributed by atoms with Gasteiger partial charge in [-0.15, -0.1) is 22.9 Å². The number of fused-ring (bicyclic) bond motifs is 1. The third kappa shape index (κ3) is 1.82. The Balaban J connectivity index is 2.80. The van der Waals surface area contributed by atoms with Crippen molar-refractivity contribution >= 4 is 55.6 Å². The number of thiophene rings is 1. The summed E-state index contributed by atoms with van der Waals surface area (Å²) in [6.45, 7) is 0. The van der Waals surface area contributed by atoms with Crippen LogP contribution in [0.15, 0.2) is 18.2 Å². The first-order valence-corrected chi connectivity index (χ1v) is 6.07. The lowest BCUT2D eigenvalue weighted by molar-refractivity contribution is 0.658. The lowest BCUT2D eigenvalue weighted by Crippen LogP contribution is -1.79. The summed E-state index contributed by atoms with van der Waals surface area (Å²) < 4.78 is 15.0. The Morgan fingerprint density at radius 1 is 1.38 bits per heavy atom. The highest BCUT2D eigenvalue weighted by atomic mass is 127. The van der Waals surface area contributed by atoms with E-state index < -0.39 is 0 Å². The van der Waals surface area contributed by atoms with Crippen LogP contribution in [0, 0.1) is 8.70 Å². The molecule has 0 saturated heterocycles. The second-order valence-electron chi connectivity index (χ2n) is 2.67. The monoisotopic (exact) mass is 326 g/mol. The van der Waals surface area contributed by atoms with Crippen LogP contribution in [-0.2, 0) is 5.88 Å². The molecule has 0 aliphatic carbocycles. The van der Waals surface area contributed by atoms with E-state index >= 15 is 0 Å². The number of hydrogen-bond donors (Lipinski definition) is 0. The van der Waals surface area contributed by atoms with E-state index in [4.69, 9.17) is 11.6 Å². The summed E-state index contributed by atoms with van der Waals surface area (Å²) in [5.74, 6) is 0.438. The minimum atomic E-state index is -0.150. The molecule has 1 heterocycles. The minimum absolute atomic E-state index is 0.150. The van der Waals surface area contributed by atoms with Crippen molar-refractivity contribution < 1.29 is 4.39 Å². The highest BCUT2D eigenvalue weighted by Gasteiger charge is 2.06. The summed E-state index contributed by atoms with van der Waals surface area (Å²) in [4.78, 5) is 0. The van der Waals surface area contributed by atoms with Crippen LogP contribution >= 0.6 is 45.5 Å². The van der Waals surface area contributed by atoms with Crippen molar-refractivity contribution in [2.75, 3.05) is 0 Å². The highest BCUT2D eigenvalue weighted by Crippen LogP contribution is 2.30. The van der Waals surface area contributed by atoms with Crippen molar-refractivity contribution in [2.45, 2.75) is 5.88 Å². The van der Waals surface area contributed by atoms with E-state index in [2.05, 4.69) is 22.6 Å². The normalized spacial score (nSPS) is 11.0. The van der Waals surface area contributed by atoms with Crippen molar-refractivity contribution in [3.05, 3.63) is 32.5 Å². The second-order valence-corrected chi connectivity index (χ2v) is 5.18. The van der Waals surface area contributed by atoms with Crippen LogP contribution in [0.3, 0.4) is 0 Å². The van der Waals surface area contributed by atoms with Crippen LogP contribution in [0.4, 0.5) is 4.39 Å². The van der Waals surface area contributed by atoms with E-state index in [1.54, 1.807) is 6.07 Å². The summed E-state index contributed by atoms with van der Waals surface area (Å²) in [6.07, 6.45) is 0. The molecule has 2 rings (SSSR count). The molecular weight excluding hydrogens is 322 g/mol. The van der Waals surface area contributed by atoms with Gasteiger partial charge in [-0.05, 0) is 51.7 Å². The standard InChI is InChI=1S/C9H5ClFIS/c10-4-6-2-7(12)1-5-3-8(11)13-9(5)6/h1-3H,4H2. The van der Waals surface area contributed by atoms with Crippen molar-refractivity contribution in [3.8, 4) is 0 Å². The molecule has 0 nitrogen and oxygen atoms in total. The van der Waals surface area contributed by atoms with Gasteiger partial charge in [-0.25, -0.2) is 0 Å². The molecule has 68 valence electrons. The van der Waals surface area contributed by atoms with Crippen LogP contribution in [0.25, 0.3) is 10.1 Å². The molecular formula is C9H5ClFIS. The van der Waals surface area contributed by atoms with Gasteiger partial charge >= 0.3 is 0 Å². The highest BCUT2D eigenvalue weighted by molar-refractivity contribution is 14.1. The second kappa shape index (κ2) is 3.71. The van der Waals surface area contributed by atoms with Crippen LogP contribution in [0.1, 0.15) is 5.56 Å². The van der Waals surface area contributed by atoms with Gasteiger partial charge in [0, 0.05) is 14.2 Å². The molecule has 2 aromatic rings. The molecule has 1 aromatic heterocycles. The summed E-state index contributed by atoms with van der Waals surface area (Å²) in [7, 11) is 0. The van der Waals surface area contributed by atoms with Crippen molar-refractivity contribution in [2.24, 2.45) is 0 Å². The number of benzene rings is 1. The number of alkyl halides is 1. The predicted molar refractivity (Wildman–Crippen MR) is 64.1 cm³/mol. The fourth-order valence-electron chi connectivity index (χ4n) is 1.25. The first-order valence-electron chi connectivity index (χ1n) is 3.64. The average molecular weight is 327 g/mol. The quantitative estimate of drug-likeness (QED) is 0.539. The van der Waals surface area contributed by atoms with Crippen LogP contribution in [0.5, 0.6) is 0 Å². The van der Waals surface area contributed by atoms with Crippen LogP contribution < -0.4 is 0 Å². The zero-order chi connectivity index (χ0) is 9.42. The van der Waals surface area contributed by atoms with E-state index in [1.165, 1.54) is 0 Å². The van der Waals surface area contributed by atoms with E-state index in [-0.39, 0.29) is 5.13 Å². The van der Waals surface area contributed by atoms with Crippen LogP contribution in [-0.4, -0.2) is 0 Å². The van der Waals surface area contributed by atoms with E-state index in [0.29, 0.717) is 5.88 Å². The Bertz CT molecular complexity index is 452. The molecule has 0 bridgehead atoms. The van der Waals surface area contributed by atoms with Gasteiger partial charge in [0.05, 0.1) is 0 Å². The van der Waals surface area contributed by atoms with Gasteiger partial charge in [-0.2, -0.15) is 4.39 Å². The molecule has 0 unspecified atom stereocenters. The van der Waals surface area contributed by atoms with Gasteiger partial charge in [0.25, 0.3) is 0 Å². The number of rotatable bonds is 1. The Morgan fingerprint density at radius 3 is 2.85 bits per heavy atom.